The van der Waals surface area contributed by atoms with Gasteiger partial charge in [-0.3, -0.25) is 0 Å². The van der Waals surface area contributed by atoms with Gasteiger partial charge in [-0.2, -0.15) is 0 Å². The Labute approximate surface area is 111 Å². The molecule has 0 aliphatic carbocycles. The van der Waals surface area contributed by atoms with Crippen LogP contribution in [0.25, 0.3) is 10.9 Å². The van der Waals surface area contributed by atoms with Crippen molar-refractivity contribution in [3.63, 3.8) is 0 Å². The van der Waals surface area contributed by atoms with Gasteiger partial charge in [-0.05, 0) is 41.3 Å². The molecular formula is C15H13ClN2. The third kappa shape index (κ3) is 2.07. The summed E-state index contributed by atoms with van der Waals surface area (Å²) in [6.45, 7) is 0.799. The maximum absolute atomic E-state index is 6.00. The summed E-state index contributed by atoms with van der Waals surface area (Å²) in [6, 6.07) is 16.0. The van der Waals surface area contributed by atoms with Crippen LogP contribution in [0.5, 0.6) is 0 Å². The zero-order chi connectivity index (χ0) is 12.5. The first-order chi connectivity index (χ1) is 8.72. The molecule has 3 rings (SSSR count). The molecule has 0 aliphatic rings. The van der Waals surface area contributed by atoms with Crippen LogP contribution in [0.4, 0.5) is 5.69 Å². The van der Waals surface area contributed by atoms with E-state index in [1.165, 1.54) is 10.9 Å². The number of nitrogens with two attached hydrogens (primary N) is 1. The van der Waals surface area contributed by atoms with Gasteiger partial charge < -0.3 is 10.3 Å². The Hall–Kier alpha value is -1.93. The molecule has 1 aromatic heterocycles. The molecule has 18 heavy (non-hydrogen) atoms. The van der Waals surface area contributed by atoms with Crippen molar-refractivity contribution < 1.29 is 0 Å². The van der Waals surface area contributed by atoms with E-state index in [1.807, 2.05) is 36.4 Å². The fourth-order valence-electron chi connectivity index (χ4n) is 2.17. The number of hydrogen-bond acceptors (Lipinski definition) is 1. The Balaban J connectivity index is 2.02. The first-order valence-electron chi connectivity index (χ1n) is 5.81. The standard InChI is InChI=1S/C15H13ClN2/c16-13-3-1-2-11(8-13)10-18-7-6-12-4-5-14(17)9-15(12)18/h1-9H,10,17H2. The number of rotatable bonds is 2. The van der Waals surface area contributed by atoms with E-state index in [0.29, 0.717) is 0 Å². The first kappa shape index (κ1) is 11.2. The monoisotopic (exact) mass is 256 g/mol. The smallest absolute Gasteiger partial charge is 0.0504 e. The molecule has 3 aromatic rings. The lowest BCUT2D eigenvalue weighted by Crippen LogP contribution is -1.98. The third-order valence-electron chi connectivity index (χ3n) is 3.04. The number of aromatic nitrogens is 1. The van der Waals surface area contributed by atoms with Gasteiger partial charge >= 0.3 is 0 Å². The van der Waals surface area contributed by atoms with Gasteiger partial charge in [0.1, 0.15) is 0 Å². The highest BCUT2D eigenvalue weighted by molar-refractivity contribution is 6.30. The van der Waals surface area contributed by atoms with E-state index in [4.69, 9.17) is 17.3 Å². The highest BCUT2D eigenvalue weighted by Gasteiger charge is 2.02. The zero-order valence-corrected chi connectivity index (χ0v) is 10.6. The van der Waals surface area contributed by atoms with Crippen LogP contribution in [0.3, 0.4) is 0 Å². The highest BCUT2D eigenvalue weighted by atomic mass is 35.5. The molecule has 1 heterocycles. The van der Waals surface area contributed by atoms with Crippen LogP contribution < -0.4 is 5.73 Å². The fraction of sp³-hybridized carbons (Fsp3) is 0.0667. The van der Waals surface area contributed by atoms with E-state index in [0.717, 1.165) is 22.8 Å². The van der Waals surface area contributed by atoms with E-state index in [-0.39, 0.29) is 0 Å². The normalized spacial score (nSPS) is 10.9. The Morgan fingerprint density at radius 2 is 1.94 bits per heavy atom. The molecule has 2 aromatic carbocycles. The second-order valence-electron chi connectivity index (χ2n) is 4.39. The maximum Gasteiger partial charge on any atom is 0.0504 e. The zero-order valence-electron chi connectivity index (χ0n) is 9.81. The van der Waals surface area contributed by atoms with Crippen molar-refractivity contribution in [1.82, 2.24) is 4.57 Å². The fourth-order valence-corrected chi connectivity index (χ4v) is 2.38. The number of nitrogens with zero attached hydrogens (tertiary/aromatic N) is 1. The second kappa shape index (κ2) is 4.39. The molecule has 0 amide bonds. The van der Waals surface area contributed by atoms with Gasteiger partial charge in [-0.15, -0.1) is 0 Å². The van der Waals surface area contributed by atoms with E-state index >= 15 is 0 Å². The molecule has 3 heteroatoms. The van der Waals surface area contributed by atoms with Crippen LogP contribution in [0.15, 0.2) is 54.7 Å². The minimum Gasteiger partial charge on any atom is -0.399 e. The Morgan fingerprint density at radius 3 is 2.78 bits per heavy atom. The lowest BCUT2D eigenvalue weighted by atomic mass is 10.2. The van der Waals surface area contributed by atoms with Crippen LogP contribution in [0, 0.1) is 0 Å². The summed E-state index contributed by atoms with van der Waals surface area (Å²) in [5.74, 6) is 0. The van der Waals surface area contributed by atoms with E-state index in [9.17, 15) is 0 Å². The maximum atomic E-state index is 6.00. The molecule has 0 atom stereocenters. The summed E-state index contributed by atoms with van der Waals surface area (Å²) < 4.78 is 2.18. The number of benzene rings is 2. The average molecular weight is 257 g/mol. The molecule has 0 spiro atoms. The van der Waals surface area contributed by atoms with E-state index in [2.05, 4.69) is 22.9 Å². The SMILES string of the molecule is Nc1ccc2ccn(Cc3cccc(Cl)c3)c2c1. The van der Waals surface area contributed by atoms with Gasteiger partial charge in [0.15, 0.2) is 0 Å². The quantitative estimate of drug-likeness (QED) is 0.692. The van der Waals surface area contributed by atoms with E-state index < -0.39 is 0 Å². The van der Waals surface area contributed by atoms with Gasteiger partial charge in [0.05, 0.1) is 5.52 Å². The molecule has 2 N–H and O–H groups in total. The van der Waals surface area contributed by atoms with E-state index in [1.54, 1.807) is 0 Å². The van der Waals surface area contributed by atoms with Crippen molar-refractivity contribution in [3.8, 4) is 0 Å². The molecular weight excluding hydrogens is 244 g/mol. The molecule has 0 fully saturated rings. The van der Waals surface area contributed by atoms with Crippen LogP contribution in [-0.4, -0.2) is 4.57 Å². The van der Waals surface area contributed by atoms with Crippen molar-refractivity contribution in [2.45, 2.75) is 6.54 Å². The van der Waals surface area contributed by atoms with Gasteiger partial charge in [0, 0.05) is 23.5 Å². The molecule has 90 valence electrons. The van der Waals surface area contributed by atoms with Crippen LogP contribution >= 0.6 is 11.6 Å². The van der Waals surface area contributed by atoms with Crippen molar-refractivity contribution in [2.24, 2.45) is 0 Å². The Morgan fingerprint density at radius 1 is 1.06 bits per heavy atom. The molecule has 0 bridgehead atoms. The summed E-state index contributed by atoms with van der Waals surface area (Å²) >= 11 is 6.00. The van der Waals surface area contributed by atoms with Crippen LogP contribution in [0.2, 0.25) is 5.02 Å². The predicted molar refractivity (Wildman–Crippen MR) is 76.9 cm³/mol. The van der Waals surface area contributed by atoms with Gasteiger partial charge in [-0.25, -0.2) is 0 Å². The number of anilines is 1. The number of hydrogen-bond donors (Lipinski definition) is 1. The van der Waals surface area contributed by atoms with Crippen molar-refractivity contribution in [1.29, 1.82) is 0 Å². The number of halogens is 1. The second-order valence-corrected chi connectivity index (χ2v) is 4.83. The minimum atomic E-state index is 0.767. The summed E-state index contributed by atoms with van der Waals surface area (Å²) in [5.41, 5.74) is 8.95. The largest absolute Gasteiger partial charge is 0.399 e. The third-order valence-corrected chi connectivity index (χ3v) is 3.28. The van der Waals surface area contributed by atoms with Crippen molar-refractivity contribution in [3.05, 3.63) is 65.3 Å². The molecule has 0 unspecified atom stereocenters. The lowest BCUT2D eigenvalue weighted by molar-refractivity contribution is 0.837. The Kier molecular flexibility index (Phi) is 2.73. The summed E-state index contributed by atoms with van der Waals surface area (Å²) in [6.07, 6.45) is 2.07. The number of nitrogen functional groups attached to an aromatic ring is 1. The van der Waals surface area contributed by atoms with Crippen molar-refractivity contribution in [2.75, 3.05) is 5.73 Å². The Bertz CT molecular complexity index is 701. The van der Waals surface area contributed by atoms with Crippen molar-refractivity contribution >= 4 is 28.2 Å². The molecule has 0 saturated carbocycles. The topological polar surface area (TPSA) is 30.9 Å². The predicted octanol–water partition coefficient (Wildman–Crippen LogP) is 3.93. The van der Waals surface area contributed by atoms with Gasteiger partial charge in [0.2, 0.25) is 0 Å². The summed E-state index contributed by atoms with van der Waals surface area (Å²) in [5, 5.41) is 1.97. The molecule has 0 aliphatic heterocycles. The van der Waals surface area contributed by atoms with Gasteiger partial charge in [0.25, 0.3) is 0 Å². The molecule has 0 saturated heterocycles. The lowest BCUT2D eigenvalue weighted by Gasteiger charge is -2.06. The average Bonchev–Trinajstić information content (AvgIpc) is 2.72. The molecule has 0 radical (unpaired) electrons. The molecule has 2 nitrogen and oxygen atoms in total. The highest BCUT2D eigenvalue weighted by Crippen LogP contribution is 2.20. The minimum absolute atomic E-state index is 0.767. The van der Waals surface area contributed by atoms with Gasteiger partial charge in [-0.1, -0.05) is 29.8 Å². The van der Waals surface area contributed by atoms with Crippen LogP contribution in [-0.2, 0) is 6.54 Å². The summed E-state index contributed by atoms with van der Waals surface area (Å²) in [7, 11) is 0. The summed E-state index contributed by atoms with van der Waals surface area (Å²) in [4.78, 5) is 0. The number of fused-ring (bicyclic) bond motifs is 1. The first-order valence-corrected chi connectivity index (χ1v) is 6.19. The van der Waals surface area contributed by atoms with Crippen LogP contribution in [0.1, 0.15) is 5.56 Å².